The highest BCUT2D eigenvalue weighted by Crippen LogP contribution is 2.37. The van der Waals surface area contributed by atoms with Crippen molar-refractivity contribution in [1.29, 1.82) is 0 Å². The lowest BCUT2D eigenvalue weighted by Crippen LogP contribution is -2.48. The fourth-order valence-corrected chi connectivity index (χ4v) is 5.48. The quantitative estimate of drug-likeness (QED) is 0.557. The first kappa shape index (κ1) is 24.8. The summed E-state index contributed by atoms with van der Waals surface area (Å²) in [6.07, 6.45) is 7.06. The molecule has 7 nitrogen and oxygen atoms in total. The Bertz CT molecular complexity index is 879. The normalized spacial score (nSPS) is 20.5. The molecule has 3 amide bonds. The second kappa shape index (κ2) is 11.4. The van der Waals surface area contributed by atoms with Gasteiger partial charge in [-0.1, -0.05) is 17.7 Å². The molecule has 3 saturated heterocycles. The molecular formula is C26H36ClN3O4. The zero-order chi connectivity index (χ0) is 24.0. The number of likely N-dealkylation sites (tertiary alicyclic amines) is 3. The lowest BCUT2D eigenvalue weighted by molar-refractivity contribution is -0.138. The first-order valence-corrected chi connectivity index (χ1v) is 13.0. The first-order valence-electron chi connectivity index (χ1n) is 12.7. The van der Waals surface area contributed by atoms with Crippen molar-refractivity contribution >= 4 is 29.3 Å². The molecule has 8 heteroatoms. The molecule has 0 radical (unpaired) electrons. The largest absolute Gasteiger partial charge is 0.493 e. The van der Waals surface area contributed by atoms with Gasteiger partial charge in [-0.25, -0.2) is 0 Å². The van der Waals surface area contributed by atoms with E-state index in [2.05, 4.69) is 0 Å². The Morgan fingerprint density at radius 3 is 2.35 bits per heavy atom. The Hall–Kier alpha value is -2.28. The number of ether oxygens (including phenoxy) is 1. The van der Waals surface area contributed by atoms with E-state index in [0.717, 1.165) is 51.7 Å². The van der Waals surface area contributed by atoms with Gasteiger partial charge in [-0.05, 0) is 56.7 Å². The molecule has 3 heterocycles. The molecule has 0 aromatic heterocycles. The highest BCUT2D eigenvalue weighted by molar-refractivity contribution is 6.30. The van der Waals surface area contributed by atoms with Gasteiger partial charge in [0.15, 0.2) is 0 Å². The minimum absolute atomic E-state index is 0.0893. The number of hydrogen-bond donors (Lipinski definition) is 0. The third-order valence-corrected chi connectivity index (χ3v) is 7.75. The molecule has 4 rings (SSSR count). The van der Waals surface area contributed by atoms with Gasteiger partial charge in [-0.2, -0.15) is 0 Å². The van der Waals surface area contributed by atoms with Gasteiger partial charge >= 0.3 is 0 Å². The predicted octanol–water partition coefficient (Wildman–Crippen LogP) is 3.74. The molecule has 0 atom stereocenters. The van der Waals surface area contributed by atoms with Crippen LogP contribution in [0.15, 0.2) is 24.3 Å². The van der Waals surface area contributed by atoms with E-state index >= 15 is 0 Å². The Kier molecular flexibility index (Phi) is 8.35. The molecule has 1 aromatic rings. The Labute approximate surface area is 207 Å². The monoisotopic (exact) mass is 489 g/mol. The lowest BCUT2D eigenvalue weighted by atomic mass is 9.75. The van der Waals surface area contributed by atoms with Gasteiger partial charge in [0.05, 0.1) is 6.61 Å². The molecule has 0 saturated carbocycles. The van der Waals surface area contributed by atoms with Crippen LogP contribution in [0.25, 0.3) is 0 Å². The molecule has 0 aliphatic carbocycles. The van der Waals surface area contributed by atoms with Gasteiger partial charge in [0.25, 0.3) is 0 Å². The fraction of sp³-hybridized carbons (Fsp3) is 0.654. The maximum atomic E-state index is 13.2. The Morgan fingerprint density at radius 2 is 1.68 bits per heavy atom. The van der Waals surface area contributed by atoms with Crippen molar-refractivity contribution in [3.8, 4) is 5.75 Å². The average Bonchev–Trinajstić information content (AvgIpc) is 3.27. The first-order chi connectivity index (χ1) is 16.4. The van der Waals surface area contributed by atoms with E-state index in [-0.39, 0.29) is 23.1 Å². The highest BCUT2D eigenvalue weighted by atomic mass is 35.5. The molecular weight excluding hydrogens is 454 g/mol. The molecule has 34 heavy (non-hydrogen) atoms. The van der Waals surface area contributed by atoms with Crippen LogP contribution in [-0.2, 0) is 14.4 Å². The maximum Gasteiger partial charge on any atom is 0.224 e. The van der Waals surface area contributed by atoms with Crippen LogP contribution in [0.2, 0.25) is 5.02 Å². The smallest absolute Gasteiger partial charge is 0.224 e. The number of carbonyl (C=O) groups is 3. The number of halogens is 1. The second-order valence-electron chi connectivity index (χ2n) is 9.98. The SMILES string of the molecule is O=C1CCCN1CCC(=O)N1CCC(COc2cccc(Cl)c2)(CC(=O)N2CCCCC2)CC1. The molecule has 1 aromatic carbocycles. The Balaban J connectivity index is 1.36. The topological polar surface area (TPSA) is 70.2 Å². The number of benzene rings is 1. The zero-order valence-corrected chi connectivity index (χ0v) is 20.7. The van der Waals surface area contributed by atoms with E-state index in [1.54, 1.807) is 11.0 Å². The van der Waals surface area contributed by atoms with Gasteiger partial charge in [-0.3, -0.25) is 14.4 Å². The van der Waals surface area contributed by atoms with Crippen molar-refractivity contribution in [3.05, 3.63) is 29.3 Å². The van der Waals surface area contributed by atoms with Gasteiger partial charge in [0.1, 0.15) is 5.75 Å². The second-order valence-corrected chi connectivity index (χ2v) is 10.4. The van der Waals surface area contributed by atoms with Crippen molar-refractivity contribution in [3.63, 3.8) is 0 Å². The Morgan fingerprint density at radius 1 is 0.941 bits per heavy atom. The van der Waals surface area contributed by atoms with Crippen LogP contribution < -0.4 is 4.74 Å². The summed E-state index contributed by atoms with van der Waals surface area (Å²) in [4.78, 5) is 43.5. The number of rotatable bonds is 8. The fourth-order valence-electron chi connectivity index (χ4n) is 5.30. The number of piperidine rings is 2. The predicted molar refractivity (Wildman–Crippen MR) is 131 cm³/mol. The third-order valence-electron chi connectivity index (χ3n) is 7.52. The van der Waals surface area contributed by atoms with Gasteiger partial charge in [0, 0.05) is 69.0 Å². The molecule has 3 fully saturated rings. The summed E-state index contributed by atoms with van der Waals surface area (Å²) in [6.45, 7) is 4.59. The lowest BCUT2D eigenvalue weighted by Gasteiger charge is -2.42. The summed E-state index contributed by atoms with van der Waals surface area (Å²) in [7, 11) is 0. The molecule has 3 aliphatic rings. The molecule has 0 unspecified atom stereocenters. The number of nitrogens with zero attached hydrogens (tertiary/aromatic N) is 3. The third kappa shape index (κ3) is 6.44. The zero-order valence-electron chi connectivity index (χ0n) is 20.0. The van der Waals surface area contributed by atoms with E-state index < -0.39 is 0 Å². The number of amides is 3. The molecule has 0 spiro atoms. The van der Waals surface area contributed by atoms with Crippen LogP contribution in [0.5, 0.6) is 5.75 Å². The highest BCUT2D eigenvalue weighted by Gasteiger charge is 2.40. The minimum atomic E-state index is -0.307. The average molecular weight is 490 g/mol. The van der Waals surface area contributed by atoms with Crippen molar-refractivity contribution < 1.29 is 19.1 Å². The summed E-state index contributed by atoms with van der Waals surface area (Å²) >= 11 is 6.12. The summed E-state index contributed by atoms with van der Waals surface area (Å²) in [6, 6.07) is 7.34. The van der Waals surface area contributed by atoms with E-state index in [0.29, 0.717) is 56.3 Å². The minimum Gasteiger partial charge on any atom is -0.493 e. The van der Waals surface area contributed by atoms with Crippen LogP contribution >= 0.6 is 11.6 Å². The van der Waals surface area contributed by atoms with Gasteiger partial charge < -0.3 is 19.4 Å². The van der Waals surface area contributed by atoms with Crippen molar-refractivity contribution in [2.75, 3.05) is 45.9 Å². The van der Waals surface area contributed by atoms with Crippen LogP contribution in [0.1, 0.15) is 57.8 Å². The summed E-state index contributed by atoms with van der Waals surface area (Å²) in [5.74, 6) is 1.14. The molecule has 0 N–H and O–H groups in total. The van der Waals surface area contributed by atoms with Crippen molar-refractivity contribution in [1.82, 2.24) is 14.7 Å². The van der Waals surface area contributed by atoms with E-state index in [1.807, 2.05) is 28.0 Å². The van der Waals surface area contributed by atoms with E-state index in [4.69, 9.17) is 16.3 Å². The van der Waals surface area contributed by atoms with Crippen molar-refractivity contribution in [2.45, 2.75) is 57.8 Å². The summed E-state index contributed by atoms with van der Waals surface area (Å²) < 4.78 is 6.14. The number of hydrogen-bond acceptors (Lipinski definition) is 4. The molecule has 186 valence electrons. The number of carbonyl (C=O) groups excluding carboxylic acids is 3. The van der Waals surface area contributed by atoms with Crippen LogP contribution in [0, 0.1) is 5.41 Å². The van der Waals surface area contributed by atoms with Gasteiger partial charge in [0.2, 0.25) is 17.7 Å². The van der Waals surface area contributed by atoms with Crippen LogP contribution in [0.3, 0.4) is 0 Å². The van der Waals surface area contributed by atoms with Gasteiger partial charge in [-0.15, -0.1) is 0 Å². The van der Waals surface area contributed by atoms with E-state index in [9.17, 15) is 14.4 Å². The standard InChI is InChI=1S/C26H36ClN3O4/c27-21-6-4-7-22(18-21)34-20-26(19-25(33)28-12-2-1-3-13-28)10-16-30(17-11-26)24(32)9-15-29-14-5-8-23(29)31/h4,6-7,18H,1-3,5,8-17,19-20H2. The molecule has 3 aliphatic heterocycles. The summed E-state index contributed by atoms with van der Waals surface area (Å²) in [5, 5.41) is 0.618. The maximum absolute atomic E-state index is 13.2. The van der Waals surface area contributed by atoms with Crippen molar-refractivity contribution in [2.24, 2.45) is 5.41 Å². The van der Waals surface area contributed by atoms with E-state index in [1.165, 1.54) is 6.42 Å². The van der Waals surface area contributed by atoms with Crippen LogP contribution in [-0.4, -0.2) is 78.3 Å². The molecule has 0 bridgehead atoms. The van der Waals surface area contributed by atoms with Crippen LogP contribution in [0.4, 0.5) is 0 Å². The summed E-state index contributed by atoms with van der Waals surface area (Å²) in [5.41, 5.74) is -0.307.